The summed E-state index contributed by atoms with van der Waals surface area (Å²) in [7, 11) is 1.08. The summed E-state index contributed by atoms with van der Waals surface area (Å²) in [6.45, 7) is -0.175. The summed E-state index contributed by atoms with van der Waals surface area (Å²) in [5, 5.41) is 27.2. The molecule has 1 aliphatic heterocycles. The van der Waals surface area contributed by atoms with Gasteiger partial charge in [-0.15, -0.1) is 0 Å². The standard InChI is InChI=1S/C9H12O8/c1-15-8(13)9(14)16-3-2-4-5(10)6(11)7(12)17-4/h4,9-11,14H,2-3H2,1H3/t4-,9?/m1/s1. The predicted molar refractivity (Wildman–Crippen MR) is 50.8 cm³/mol. The zero-order chi connectivity index (χ0) is 13.0. The minimum atomic E-state index is -1.74. The fourth-order valence-corrected chi connectivity index (χ4v) is 1.15. The lowest BCUT2D eigenvalue weighted by molar-refractivity contribution is -0.181. The first-order valence-electron chi connectivity index (χ1n) is 4.68. The number of rotatable bonds is 5. The van der Waals surface area contributed by atoms with Crippen LogP contribution in [-0.2, 0) is 23.8 Å². The Morgan fingerprint density at radius 1 is 1.53 bits per heavy atom. The number of carbonyl (C=O) groups is 2. The van der Waals surface area contributed by atoms with Gasteiger partial charge in [-0.2, -0.15) is 0 Å². The Kier molecular flexibility index (Phi) is 4.30. The van der Waals surface area contributed by atoms with Crippen molar-refractivity contribution in [3.05, 3.63) is 11.5 Å². The van der Waals surface area contributed by atoms with Gasteiger partial charge < -0.3 is 29.5 Å². The number of methoxy groups -OCH3 is 1. The van der Waals surface area contributed by atoms with Crippen LogP contribution in [0.15, 0.2) is 11.5 Å². The summed E-state index contributed by atoms with van der Waals surface area (Å²) in [5.74, 6) is -3.42. The molecule has 0 amide bonds. The molecule has 0 aromatic carbocycles. The molecule has 0 aromatic rings. The topological polar surface area (TPSA) is 123 Å². The van der Waals surface area contributed by atoms with E-state index in [1.807, 2.05) is 0 Å². The molecule has 0 saturated carbocycles. The van der Waals surface area contributed by atoms with Gasteiger partial charge in [0.1, 0.15) is 0 Å². The lowest BCUT2D eigenvalue weighted by Gasteiger charge is -2.12. The fraction of sp³-hybridized carbons (Fsp3) is 0.556. The molecule has 8 nitrogen and oxygen atoms in total. The van der Waals surface area contributed by atoms with Gasteiger partial charge in [0.05, 0.1) is 13.7 Å². The first-order valence-corrected chi connectivity index (χ1v) is 4.68. The normalized spacial score (nSPS) is 21.3. The number of cyclic esters (lactones) is 1. The molecule has 1 heterocycles. The van der Waals surface area contributed by atoms with Gasteiger partial charge in [-0.1, -0.05) is 0 Å². The number of aliphatic hydroxyl groups excluding tert-OH is 3. The molecule has 0 fully saturated rings. The Morgan fingerprint density at radius 2 is 2.18 bits per heavy atom. The largest absolute Gasteiger partial charge is 0.505 e. The van der Waals surface area contributed by atoms with E-state index in [4.69, 9.17) is 10.2 Å². The molecule has 0 radical (unpaired) electrons. The number of carbonyl (C=O) groups excluding carboxylic acids is 2. The molecule has 2 atom stereocenters. The van der Waals surface area contributed by atoms with E-state index in [0.29, 0.717) is 0 Å². The maximum Gasteiger partial charge on any atom is 0.377 e. The molecule has 17 heavy (non-hydrogen) atoms. The molecule has 1 unspecified atom stereocenters. The van der Waals surface area contributed by atoms with Crippen molar-refractivity contribution in [3.63, 3.8) is 0 Å². The maximum atomic E-state index is 10.8. The third-order valence-corrected chi connectivity index (χ3v) is 2.05. The van der Waals surface area contributed by atoms with Crippen LogP contribution in [-0.4, -0.2) is 53.4 Å². The summed E-state index contributed by atoms with van der Waals surface area (Å²) >= 11 is 0. The molecule has 3 N–H and O–H groups in total. The van der Waals surface area contributed by atoms with Crippen molar-refractivity contribution >= 4 is 11.9 Å². The van der Waals surface area contributed by atoms with E-state index in [2.05, 4.69) is 14.2 Å². The molecule has 0 spiro atoms. The van der Waals surface area contributed by atoms with Crippen LogP contribution in [0.25, 0.3) is 0 Å². The molecule has 96 valence electrons. The highest BCUT2D eigenvalue weighted by Gasteiger charge is 2.34. The van der Waals surface area contributed by atoms with Crippen molar-refractivity contribution in [3.8, 4) is 0 Å². The van der Waals surface area contributed by atoms with Crippen LogP contribution >= 0.6 is 0 Å². The Balaban J connectivity index is 2.34. The van der Waals surface area contributed by atoms with Crippen LogP contribution in [0.4, 0.5) is 0 Å². The number of ether oxygens (including phenoxy) is 3. The Bertz CT molecular complexity index is 347. The van der Waals surface area contributed by atoms with Gasteiger partial charge >= 0.3 is 11.9 Å². The highest BCUT2D eigenvalue weighted by Crippen LogP contribution is 2.21. The third kappa shape index (κ3) is 3.08. The van der Waals surface area contributed by atoms with Gasteiger partial charge in [0, 0.05) is 6.42 Å². The van der Waals surface area contributed by atoms with Crippen molar-refractivity contribution < 1.29 is 39.1 Å². The van der Waals surface area contributed by atoms with E-state index >= 15 is 0 Å². The van der Waals surface area contributed by atoms with Gasteiger partial charge in [0.2, 0.25) is 5.76 Å². The number of hydrogen-bond donors (Lipinski definition) is 3. The highest BCUT2D eigenvalue weighted by atomic mass is 16.6. The molecule has 1 aliphatic rings. The van der Waals surface area contributed by atoms with E-state index in [-0.39, 0.29) is 13.0 Å². The van der Waals surface area contributed by atoms with Crippen LogP contribution in [0.2, 0.25) is 0 Å². The van der Waals surface area contributed by atoms with Gasteiger partial charge in [-0.25, -0.2) is 9.59 Å². The SMILES string of the molecule is COC(=O)C(O)OCC[C@H]1OC(=O)C(O)=C1O. The zero-order valence-corrected chi connectivity index (χ0v) is 8.95. The second-order valence-electron chi connectivity index (χ2n) is 3.16. The average molecular weight is 248 g/mol. The predicted octanol–water partition coefficient (Wildman–Crippen LogP) is -0.863. The molecular weight excluding hydrogens is 236 g/mol. The highest BCUT2D eigenvalue weighted by molar-refractivity contribution is 5.88. The van der Waals surface area contributed by atoms with Crippen LogP contribution < -0.4 is 0 Å². The monoisotopic (exact) mass is 248 g/mol. The first-order chi connectivity index (χ1) is 7.97. The van der Waals surface area contributed by atoms with E-state index in [1.54, 1.807) is 0 Å². The summed E-state index contributed by atoms with van der Waals surface area (Å²) in [6.07, 6.45) is -2.79. The zero-order valence-electron chi connectivity index (χ0n) is 8.95. The Hall–Kier alpha value is -1.80. The number of esters is 2. The third-order valence-electron chi connectivity index (χ3n) is 2.05. The molecule has 8 heteroatoms. The minimum Gasteiger partial charge on any atom is -0.505 e. The lowest BCUT2D eigenvalue weighted by atomic mass is 10.2. The summed E-state index contributed by atoms with van der Waals surface area (Å²) < 4.78 is 13.4. The average Bonchev–Trinajstić information content (AvgIpc) is 2.56. The second kappa shape index (κ2) is 5.51. The maximum absolute atomic E-state index is 10.8. The smallest absolute Gasteiger partial charge is 0.377 e. The van der Waals surface area contributed by atoms with Crippen LogP contribution in [0.5, 0.6) is 0 Å². The van der Waals surface area contributed by atoms with Gasteiger partial charge in [0.25, 0.3) is 6.29 Å². The van der Waals surface area contributed by atoms with Crippen molar-refractivity contribution in [2.45, 2.75) is 18.8 Å². The van der Waals surface area contributed by atoms with E-state index in [9.17, 15) is 14.7 Å². The van der Waals surface area contributed by atoms with Gasteiger partial charge in [-0.3, -0.25) is 0 Å². The van der Waals surface area contributed by atoms with Crippen LogP contribution in [0.1, 0.15) is 6.42 Å². The fourth-order valence-electron chi connectivity index (χ4n) is 1.15. The van der Waals surface area contributed by atoms with Gasteiger partial charge in [-0.05, 0) is 0 Å². The van der Waals surface area contributed by atoms with Crippen molar-refractivity contribution in [1.82, 2.24) is 0 Å². The molecule has 1 rings (SSSR count). The van der Waals surface area contributed by atoms with E-state index in [1.165, 1.54) is 0 Å². The number of aliphatic hydroxyl groups is 3. The van der Waals surface area contributed by atoms with Crippen LogP contribution in [0.3, 0.4) is 0 Å². The molecule has 0 aromatic heterocycles. The Morgan fingerprint density at radius 3 is 2.65 bits per heavy atom. The number of hydrogen-bond acceptors (Lipinski definition) is 8. The quantitative estimate of drug-likeness (QED) is 0.424. The summed E-state index contributed by atoms with van der Waals surface area (Å²) in [6, 6.07) is 0. The Labute approximate surface area is 96.0 Å². The summed E-state index contributed by atoms with van der Waals surface area (Å²) in [4.78, 5) is 21.5. The van der Waals surface area contributed by atoms with Crippen LogP contribution in [0, 0.1) is 0 Å². The minimum absolute atomic E-state index is 0.0182. The molecule has 0 aliphatic carbocycles. The van der Waals surface area contributed by atoms with Crippen molar-refractivity contribution in [2.75, 3.05) is 13.7 Å². The van der Waals surface area contributed by atoms with E-state index in [0.717, 1.165) is 7.11 Å². The van der Waals surface area contributed by atoms with Crippen molar-refractivity contribution in [2.24, 2.45) is 0 Å². The first kappa shape index (κ1) is 13.3. The molecule has 0 saturated heterocycles. The molecule has 0 bridgehead atoms. The van der Waals surface area contributed by atoms with E-state index < -0.39 is 35.9 Å². The van der Waals surface area contributed by atoms with Gasteiger partial charge in [0.15, 0.2) is 11.9 Å². The lowest BCUT2D eigenvalue weighted by Crippen LogP contribution is -2.26. The van der Waals surface area contributed by atoms with Crippen molar-refractivity contribution in [1.29, 1.82) is 0 Å². The molecular formula is C9H12O8. The summed E-state index contributed by atoms with van der Waals surface area (Å²) in [5.41, 5.74) is 0. The second-order valence-corrected chi connectivity index (χ2v) is 3.16.